The summed E-state index contributed by atoms with van der Waals surface area (Å²) in [4.78, 5) is 11.5. The molecule has 5 nitrogen and oxygen atoms in total. The van der Waals surface area contributed by atoms with Gasteiger partial charge in [-0.1, -0.05) is 47.5 Å². The molecule has 0 radical (unpaired) electrons. The number of amides is 1. The SMILES string of the molecule is C=CCNC(=O)Cc1ccc(NS(=O)(=O)c2c(Cl)cccc2Cl)cc1. The van der Waals surface area contributed by atoms with Crippen LogP contribution >= 0.6 is 23.2 Å². The lowest BCUT2D eigenvalue weighted by molar-refractivity contribution is -0.120. The zero-order valence-electron chi connectivity index (χ0n) is 13.1. The molecule has 0 spiro atoms. The zero-order chi connectivity index (χ0) is 18.4. The number of hydrogen-bond acceptors (Lipinski definition) is 3. The number of sulfonamides is 1. The summed E-state index contributed by atoms with van der Waals surface area (Å²) >= 11 is 11.9. The molecule has 2 aromatic carbocycles. The zero-order valence-corrected chi connectivity index (χ0v) is 15.5. The summed E-state index contributed by atoms with van der Waals surface area (Å²) in [7, 11) is -3.93. The van der Waals surface area contributed by atoms with E-state index in [0.29, 0.717) is 12.2 Å². The summed E-state index contributed by atoms with van der Waals surface area (Å²) < 4.78 is 27.4. The van der Waals surface area contributed by atoms with Crippen LogP contribution in [0.5, 0.6) is 0 Å². The van der Waals surface area contributed by atoms with Crippen LogP contribution in [0.1, 0.15) is 5.56 Å². The fourth-order valence-corrected chi connectivity index (χ4v) is 4.27. The van der Waals surface area contributed by atoms with Crippen molar-refractivity contribution in [1.82, 2.24) is 5.32 Å². The molecule has 0 saturated carbocycles. The number of carbonyl (C=O) groups excluding carboxylic acids is 1. The number of hydrogen-bond donors (Lipinski definition) is 2. The lowest BCUT2D eigenvalue weighted by atomic mass is 10.1. The lowest BCUT2D eigenvalue weighted by Crippen LogP contribution is -2.24. The minimum Gasteiger partial charge on any atom is -0.352 e. The summed E-state index contributed by atoms with van der Waals surface area (Å²) in [5.74, 6) is -0.143. The Balaban J connectivity index is 2.13. The highest BCUT2D eigenvalue weighted by molar-refractivity contribution is 7.93. The third-order valence-electron chi connectivity index (χ3n) is 3.20. The second-order valence-corrected chi connectivity index (χ2v) is 7.56. The first-order valence-electron chi connectivity index (χ1n) is 7.27. The van der Waals surface area contributed by atoms with Crippen LogP contribution in [0.3, 0.4) is 0 Å². The van der Waals surface area contributed by atoms with E-state index >= 15 is 0 Å². The van der Waals surface area contributed by atoms with E-state index in [4.69, 9.17) is 23.2 Å². The van der Waals surface area contributed by atoms with E-state index in [9.17, 15) is 13.2 Å². The predicted octanol–water partition coefficient (Wildman–Crippen LogP) is 3.64. The van der Waals surface area contributed by atoms with Crippen LogP contribution < -0.4 is 10.0 Å². The molecule has 2 N–H and O–H groups in total. The monoisotopic (exact) mass is 398 g/mol. The average molecular weight is 399 g/mol. The van der Waals surface area contributed by atoms with Gasteiger partial charge in [0.25, 0.3) is 10.0 Å². The van der Waals surface area contributed by atoms with E-state index in [-0.39, 0.29) is 27.3 Å². The summed E-state index contributed by atoms with van der Waals surface area (Å²) in [5, 5.41) is 2.74. The smallest absolute Gasteiger partial charge is 0.264 e. The first kappa shape index (κ1) is 19.3. The van der Waals surface area contributed by atoms with Crippen LogP contribution in [0, 0.1) is 0 Å². The van der Waals surface area contributed by atoms with Crippen molar-refractivity contribution in [2.45, 2.75) is 11.3 Å². The van der Waals surface area contributed by atoms with Gasteiger partial charge in [0.15, 0.2) is 0 Å². The normalized spacial score (nSPS) is 11.0. The minimum atomic E-state index is -3.93. The van der Waals surface area contributed by atoms with Gasteiger partial charge in [-0.25, -0.2) is 8.42 Å². The Morgan fingerprint density at radius 1 is 1.08 bits per heavy atom. The Morgan fingerprint density at radius 2 is 1.68 bits per heavy atom. The van der Waals surface area contributed by atoms with Crippen molar-refractivity contribution < 1.29 is 13.2 Å². The predicted molar refractivity (Wildman–Crippen MR) is 101 cm³/mol. The van der Waals surface area contributed by atoms with Gasteiger partial charge in [-0.15, -0.1) is 6.58 Å². The van der Waals surface area contributed by atoms with Crippen molar-refractivity contribution in [3.63, 3.8) is 0 Å². The van der Waals surface area contributed by atoms with E-state index < -0.39 is 10.0 Å². The standard InChI is InChI=1S/C17H16Cl2N2O3S/c1-2-10-20-16(22)11-12-6-8-13(9-7-12)21-25(23,24)17-14(18)4-3-5-15(17)19/h2-9,21H,1,10-11H2,(H,20,22). The number of halogens is 2. The van der Waals surface area contributed by atoms with E-state index in [1.54, 1.807) is 36.4 Å². The van der Waals surface area contributed by atoms with Crippen LogP contribution in [-0.2, 0) is 21.2 Å². The van der Waals surface area contributed by atoms with Gasteiger partial charge >= 0.3 is 0 Å². The molecule has 2 rings (SSSR count). The highest BCUT2D eigenvalue weighted by Gasteiger charge is 2.21. The van der Waals surface area contributed by atoms with Gasteiger partial charge in [0.2, 0.25) is 5.91 Å². The number of benzene rings is 2. The Labute approximate surface area is 156 Å². The van der Waals surface area contributed by atoms with Crippen molar-refractivity contribution >= 4 is 44.8 Å². The molecule has 8 heteroatoms. The van der Waals surface area contributed by atoms with Crippen molar-refractivity contribution in [3.8, 4) is 0 Å². The van der Waals surface area contributed by atoms with Gasteiger partial charge in [-0.2, -0.15) is 0 Å². The second kappa shape index (κ2) is 8.38. The molecule has 2 aromatic rings. The third kappa shape index (κ3) is 5.22. The Hall–Kier alpha value is -2.02. The van der Waals surface area contributed by atoms with E-state index in [1.165, 1.54) is 12.1 Å². The molecule has 0 aliphatic rings. The van der Waals surface area contributed by atoms with Crippen LogP contribution in [0.2, 0.25) is 10.0 Å². The van der Waals surface area contributed by atoms with Crippen LogP contribution in [-0.4, -0.2) is 20.9 Å². The molecule has 0 saturated heterocycles. The Kier molecular flexibility index (Phi) is 6.47. The Bertz CT molecular complexity index is 861. The lowest BCUT2D eigenvalue weighted by Gasteiger charge is -2.11. The molecule has 0 atom stereocenters. The summed E-state index contributed by atoms with van der Waals surface area (Å²) in [6.45, 7) is 3.92. The molecule has 0 aromatic heterocycles. The molecule has 0 aliphatic carbocycles. The highest BCUT2D eigenvalue weighted by atomic mass is 35.5. The maximum absolute atomic E-state index is 12.5. The highest BCUT2D eigenvalue weighted by Crippen LogP contribution is 2.30. The summed E-state index contributed by atoms with van der Waals surface area (Å²) in [6.07, 6.45) is 1.78. The van der Waals surface area contributed by atoms with Gasteiger partial charge < -0.3 is 5.32 Å². The van der Waals surface area contributed by atoms with Crippen molar-refractivity contribution in [1.29, 1.82) is 0 Å². The second-order valence-electron chi connectivity index (χ2n) is 5.12. The van der Waals surface area contributed by atoms with Crippen LogP contribution in [0.4, 0.5) is 5.69 Å². The van der Waals surface area contributed by atoms with Gasteiger partial charge in [0.1, 0.15) is 4.90 Å². The maximum atomic E-state index is 12.5. The molecule has 0 aliphatic heterocycles. The van der Waals surface area contributed by atoms with Crippen LogP contribution in [0.25, 0.3) is 0 Å². The molecular weight excluding hydrogens is 383 g/mol. The van der Waals surface area contributed by atoms with E-state index in [1.807, 2.05) is 0 Å². The van der Waals surface area contributed by atoms with Gasteiger partial charge in [-0.05, 0) is 29.8 Å². The molecule has 132 valence electrons. The fraction of sp³-hybridized carbons (Fsp3) is 0.118. The molecular formula is C17H16Cl2N2O3S. The molecule has 25 heavy (non-hydrogen) atoms. The van der Waals surface area contributed by atoms with E-state index in [0.717, 1.165) is 5.56 Å². The minimum absolute atomic E-state index is 0.0375. The largest absolute Gasteiger partial charge is 0.352 e. The number of carbonyl (C=O) groups is 1. The van der Waals surface area contributed by atoms with E-state index in [2.05, 4.69) is 16.6 Å². The number of rotatable bonds is 7. The summed E-state index contributed by atoms with van der Waals surface area (Å²) in [6, 6.07) is 10.9. The van der Waals surface area contributed by atoms with Crippen molar-refractivity contribution in [3.05, 3.63) is 70.7 Å². The van der Waals surface area contributed by atoms with Gasteiger partial charge in [0.05, 0.1) is 16.5 Å². The first-order chi connectivity index (χ1) is 11.8. The quantitative estimate of drug-likeness (QED) is 0.698. The molecule has 0 heterocycles. The molecule has 0 bridgehead atoms. The Morgan fingerprint density at radius 3 is 2.24 bits per heavy atom. The van der Waals surface area contributed by atoms with Gasteiger partial charge in [0, 0.05) is 12.2 Å². The average Bonchev–Trinajstić information content (AvgIpc) is 2.54. The number of nitrogens with one attached hydrogen (secondary N) is 2. The topological polar surface area (TPSA) is 75.3 Å². The summed E-state index contributed by atoms with van der Waals surface area (Å²) in [5.41, 5.74) is 1.09. The van der Waals surface area contributed by atoms with Crippen molar-refractivity contribution in [2.75, 3.05) is 11.3 Å². The third-order valence-corrected chi connectivity index (χ3v) is 5.54. The fourth-order valence-electron chi connectivity index (χ4n) is 2.07. The van der Waals surface area contributed by atoms with Gasteiger partial charge in [-0.3, -0.25) is 9.52 Å². The van der Waals surface area contributed by atoms with Crippen molar-refractivity contribution in [2.24, 2.45) is 0 Å². The number of anilines is 1. The molecule has 1 amide bonds. The van der Waals surface area contributed by atoms with Crippen LogP contribution in [0.15, 0.2) is 60.0 Å². The first-order valence-corrected chi connectivity index (χ1v) is 9.51. The molecule has 0 unspecified atom stereocenters. The maximum Gasteiger partial charge on any atom is 0.264 e. The molecule has 0 fully saturated rings.